The van der Waals surface area contributed by atoms with E-state index in [0.717, 1.165) is 54.5 Å². The highest BCUT2D eigenvalue weighted by atomic mass is 32.1. The summed E-state index contributed by atoms with van der Waals surface area (Å²) < 4.78 is 0. The van der Waals surface area contributed by atoms with Crippen LogP contribution in [0.2, 0.25) is 0 Å². The summed E-state index contributed by atoms with van der Waals surface area (Å²) in [4.78, 5) is 36.4. The molecule has 0 bridgehead atoms. The van der Waals surface area contributed by atoms with Gasteiger partial charge in [-0.15, -0.1) is 11.3 Å². The summed E-state index contributed by atoms with van der Waals surface area (Å²) in [5, 5.41) is 5.63. The van der Waals surface area contributed by atoms with Gasteiger partial charge in [-0.1, -0.05) is 25.1 Å². The van der Waals surface area contributed by atoms with Crippen molar-refractivity contribution in [2.24, 2.45) is 0 Å². The van der Waals surface area contributed by atoms with Crippen LogP contribution in [0.3, 0.4) is 0 Å². The maximum absolute atomic E-state index is 13.0. The molecule has 2 heterocycles. The number of aryl methyl sites for hydroxylation is 2. The van der Waals surface area contributed by atoms with Crippen molar-refractivity contribution < 1.29 is 9.59 Å². The quantitative estimate of drug-likeness (QED) is 0.733. The summed E-state index contributed by atoms with van der Waals surface area (Å²) in [5.74, 6) is -0.0191. The van der Waals surface area contributed by atoms with E-state index < -0.39 is 0 Å². The lowest BCUT2D eigenvalue weighted by Gasteiger charge is -2.33. The predicted octanol–water partition coefficient (Wildman–Crippen LogP) is 3.98. The smallest absolute Gasteiger partial charge is 0.322 e. The molecule has 1 fully saturated rings. The Morgan fingerprint density at radius 2 is 1.81 bits per heavy atom. The molecule has 0 aliphatic carbocycles. The van der Waals surface area contributed by atoms with Gasteiger partial charge in [0.25, 0.3) is 5.91 Å². The Labute approximate surface area is 189 Å². The number of nitrogens with zero attached hydrogens (tertiary/aromatic N) is 4. The lowest BCUT2D eigenvalue weighted by molar-refractivity contribution is 0.0638. The van der Waals surface area contributed by atoms with E-state index in [4.69, 9.17) is 0 Å². The van der Waals surface area contributed by atoms with Crippen LogP contribution < -0.4 is 5.32 Å². The molecule has 168 valence electrons. The maximum atomic E-state index is 13.0. The van der Waals surface area contributed by atoms with Crippen molar-refractivity contribution in [3.63, 3.8) is 0 Å². The number of benzene rings is 1. The van der Waals surface area contributed by atoms with E-state index in [1.165, 1.54) is 11.3 Å². The van der Waals surface area contributed by atoms with Gasteiger partial charge in [0.1, 0.15) is 10.7 Å². The number of aromatic nitrogens is 1. The molecule has 7 nitrogen and oxygen atoms in total. The lowest BCUT2D eigenvalue weighted by atomic mass is 10.1. The molecule has 31 heavy (non-hydrogen) atoms. The standard InChI is InChI=1S/C23H33N5O2S/c1-6-26-10-12-27(13-11-26)22(29)19-15-31-20(24-19)14-28(16(2)3)23(30)25-21-17(4)8-7-9-18(21)5/h7-9,15-16H,6,10-14H2,1-5H3,(H,25,30). The number of hydrogen-bond acceptors (Lipinski definition) is 5. The fourth-order valence-corrected chi connectivity index (χ4v) is 4.50. The van der Waals surface area contributed by atoms with Crippen LogP contribution in [-0.4, -0.2) is 70.4 Å². The van der Waals surface area contributed by atoms with E-state index in [0.29, 0.717) is 12.2 Å². The van der Waals surface area contributed by atoms with Gasteiger partial charge in [0.15, 0.2) is 0 Å². The second-order valence-corrected chi connectivity index (χ2v) is 9.21. The molecule has 0 unspecified atom stereocenters. The van der Waals surface area contributed by atoms with Crippen molar-refractivity contribution in [3.05, 3.63) is 45.4 Å². The summed E-state index contributed by atoms with van der Waals surface area (Å²) in [6.45, 7) is 14.7. The summed E-state index contributed by atoms with van der Waals surface area (Å²) in [7, 11) is 0. The molecule has 1 N–H and O–H groups in total. The number of nitrogens with one attached hydrogen (secondary N) is 1. The van der Waals surface area contributed by atoms with Crippen molar-refractivity contribution in [2.75, 3.05) is 38.0 Å². The van der Waals surface area contributed by atoms with Crippen LogP contribution in [0, 0.1) is 13.8 Å². The second kappa shape index (κ2) is 10.2. The molecular formula is C23H33N5O2S. The molecule has 2 aromatic rings. The van der Waals surface area contributed by atoms with E-state index in [2.05, 4.69) is 22.1 Å². The number of anilines is 1. The van der Waals surface area contributed by atoms with E-state index in [-0.39, 0.29) is 18.0 Å². The SMILES string of the molecule is CCN1CCN(C(=O)c2csc(CN(C(=O)Nc3c(C)cccc3C)C(C)C)n2)CC1. The molecule has 1 aromatic heterocycles. The van der Waals surface area contributed by atoms with Crippen molar-refractivity contribution in [1.29, 1.82) is 0 Å². The van der Waals surface area contributed by atoms with Crippen LogP contribution in [0.5, 0.6) is 0 Å². The average molecular weight is 444 g/mol. The summed E-state index contributed by atoms with van der Waals surface area (Å²) in [6.07, 6.45) is 0. The van der Waals surface area contributed by atoms with Gasteiger partial charge in [0, 0.05) is 43.3 Å². The minimum absolute atomic E-state index is 0.00510. The summed E-state index contributed by atoms with van der Waals surface area (Å²) >= 11 is 1.43. The Kier molecular flexibility index (Phi) is 7.67. The van der Waals surface area contributed by atoms with Gasteiger partial charge in [-0.05, 0) is 45.4 Å². The monoisotopic (exact) mass is 443 g/mol. The number of likely N-dealkylation sites (N-methyl/N-ethyl adjacent to an activating group) is 1. The molecule has 3 rings (SSSR count). The number of para-hydroxylation sites is 1. The molecule has 0 atom stereocenters. The first-order valence-corrected chi connectivity index (χ1v) is 11.8. The molecule has 0 radical (unpaired) electrons. The van der Waals surface area contributed by atoms with Gasteiger partial charge in [-0.3, -0.25) is 4.79 Å². The lowest BCUT2D eigenvalue weighted by Crippen LogP contribution is -2.48. The molecule has 1 saturated heterocycles. The van der Waals surface area contributed by atoms with Gasteiger partial charge in [-0.25, -0.2) is 9.78 Å². The normalized spacial score (nSPS) is 14.7. The zero-order valence-corrected chi connectivity index (χ0v) is 20.0. The van der Waals surface area contributed by atoms with Gasteiger partial charge in [0.2, 0.25) is 0 Å². The Morgan fingerprint density at radius 1 is 1.16 bits per heavy atom. The average Bonchev–Trinajstić information content (AvgIpc) is 3.22. The zero-order valence-electron chi connectivity index (χ0n) is 19.1. The molecule has 1 aromatic carbocycles. The van der Waals surface area contributed by atoms with Crippen LogP contribution in [0.4, 0.5) is 10.5 Å². The van der Waals surface area contributed by atoms with Crippen LogP contribution in [0.25, 0.3) is 0 Å². The predicted molar refractivity (Wildman–Crippen MR) is 126 cm³/mol. The molecule has 0 saturated carbocycles. The first kappa shape index (κ1) is 23.2. The highest BCUT2D eigenvalue weighted by molar-refractivity contribution is 7.09. The number of carbonyl (C=O) groups excluding carboxylic acids is 2. The molecule has 8 heteroatoms. The first-order chi connectivity index (χ1) is 14.8. The number of amides is 3. The summed E-state index contributed by atoms with van der Waals surface area (Å²) in [6, 6.07) is 5.79. The van der Waals surface area contributed by atoms with Crippen LogP contribution in [0.1, 0.15) is 47.4 Å². The third kappa shape index (κ3) is 5.62. The highest BCUT2D eigenvalue weighted by Crippen LogP contribution is 2.22. The third-order valence-electron chi connectivity index (χ3n) is 5.78. The highest BCUT2D eigenvalue weighted by Gasteiger charge is 2.25. The topological polar surface area (TPSA) is 68.8 Å². The van der Waals surface area contributed by atoms with Crippen LogP contribution in [0.15, 0.2) is 23.6 Å². The molecule has 1 aliphatic heterocycles. The largest absolute Gasteiger partial charge is 0.335 e. The van der Waals surface area contributed by atoms with E-state index >= 15 is 0 Å². The number of rotatable bonds is 6. The Morgan fingerprint density at radius 3 is 2.39 bits per heavy atom. The van der Waals surface area contributed by atoms with Crippen molar-refractivity contribution in [2.45, 2.75) is 47.2 Å². The Bertz CT molecular complexity index is 898. The Balaban J connectivity index is 1.66. The summed E-state index contributed by atoms with van der Waals surface area (Å²) in [5.41, 5.74) is 3.38. The third-order valence-corrected chi connectivity index (χ3v) is 6.61. The number of urea groups is 1. The number of carbonyl (C=O) groups is 2. The van der Waals surface area contributed by atoms with E-state index in [9.17, 15) is 9.59 Å². The van der Waals surface area contributed by atoms with Gasteiger partial charge in [0.05, 0.1) is 6.54 Å². The maximum Gasteiger partial charge on any atom is 0.322 e. The van der Waals surface area contributed by atoms with Gasteiger partial charge >= 0.3 is 6.03 Å². The van der Waals surface area contributed by atoms with Crippen molar-refractivity contribution in [1.82, 2.24) is 19.7 Å². The molecule has 3 amide bonds. The molecule has 1 aliphatic rings. The Hall–Kier alpha value is -2.45. The molecular weight excluding hydrogens is 410 g/mol. The minimum Gasteiger partial charge on any atom is -0.335 e. The fraction of sp³-hybridized carbons (Fsp3) is 0.522. The van der Waals surface area contributed by atoms with E-state index in [1.54, 1.807) is 4.90 Å². The zero-order chi connectivity index (χ0) is 22.5. The molecule has 0 spiro atoms. The van der Waals surface area contributed by atoms with Crippen molar-refractivity contribution >= 4 is 29.0 Å². The van der Waals surface area contributed by atoms with Crippen molar-refractivity contribution in [3.8, 4) is 0 Å². The van der Waals surface area contributed by atoms with Crippen LogP contribution in [-0.2, 0) is 6.54 Å². The number of thiazole rings is 1. The van der Waals surface area contributed by atoms with Gasteiger partial charge < -0.3 is 20.0 Å². The number of piperazine rings is 1. The van der Waals surface area contributed by atoms with Crippen LogP contribution >= 0.6 is 11.3 Å². The van der Waals surface area contributed by atoms with E-state index in [1.807, 2.05) is 56.2 Å². The number of hydrogen-bond donors (Lipinski definition) is 1. The minimum atomic E-state index is -0.161. The second-order valence-electron chi connectivity index (χ2n) is 8.27. The van der Waals surface area contributed by atoms with Gasteiger partial charge in [-0.2, -0.15) is 0 Å². The fourth-order valence-electron chi connectivity index (χ4n) is 3.74. The first-order valence-electron chi connectivity index (χ1n) is 10.9.